The van der Waals surface area contributed by atoms with Crippen molar-refractivity contribution in [1.82, 2.24) is 15.1 Å². The number of nitrogens with zero attached hydrogens (tertiary/aromatic N) is 2. The zero-order valence-corrected chi connectivity index (χ0v) is 18.7. The van der Waals surface area contributed by atoms with Crippen molar-refractivity contribution in [3.05, 3.63) is 52.3 Å². The number of rotatable bonds is 8. The summed E-state index contributed by atoms with van der Waals surface area (Å²) in [5.41, 5.74) is 3.29. The number of aryl methyl sites for hydroxylation is 1. The fourth-order valence-electron chi connectivity index (χ4n) is 3.17. The first kappa shape index (κ1) is 22.1. The van der Waals surface area contributed by atoms with Crippen LogP contribution in [0.4, 0.5) is 5.69 Å². The van der Waals surface area contributed by atoms with Crippen molar-refractivity contribution in [1.29, 1.82) is 0 Å². The summed E-state index contributed by atoms with van der Waals surface area (Å²) in [5.74, 6) is 0.473. The van der Waals surface area contributed by atoms with Crippen molar-refractivity contribution < 1.29 is 9.59 Å². The van der Waals surface area contributed by atoms with Crippen LogP contribution in [0.15, 0.2) is 30.3 Å². The Hall–Kier alpha value is -2.60. The van der Waals surface area contributed by atoms with Crippen LogP contribution in [0.1, 0.15) is 56.5 Å². The first-order valence-electron chi connectivity index (χ1n) is 10.4. The fraction of sp³-hybridized carbons (Fsp3) is 0.435. The summed E-state index contributed by atoms with van der Waals surface area (Å²) in [4.78, 5) is 24.2. The molecule has 0 aliphatic heterocycles. The number of hydrogen-bond donors (Lipinski definition) is 2. The fourth-order valence-corrected chi connectivity index (χ4v) is 3.48. The van der Waals surface area contributed by atoms with Crippen LogP contribution >= 0.6 is 11.6 Å². The lowest BCUT2D eigenvalue weighted by molar-refractivity contribution is -0.118. The van der Waals surface area contributed by atoms with E-state index in [1.54, 1.807) is 10.8 Å². The average molecular weight is 429 g/mol. The van der Waals surface area contributed by atoms with Gasteiger partial charge in [0.15, 0.2) is 0 Å². The molecule has 1 saturated carbocycles. The summed E-state index contributed by atoms with van der Waals surface area (Å²) in [6, 6.07) is 7.37. The van der Waals surface area contributed by atoms with E-state index in [1.807, 2.05) is 38.1 Å². The maximum atomic E-state index is 12.4. The first-order valence-corrected chi connectivity index (χ1v) is 10.7. The van der Waals surface area contributed by atoms with Gasteiger partial charge in [-0.15, -0.1) is 0 Å². The maximum Gasteiger partial charge on any atom is 0.244 e. The molecule has 6 nitrogen and oxygen atoms in total. The Morgan fingerprint density at radius 1 is 1.23 bits per heavy atom. The summed E-state index contributed by atoms with van der Waals surface area (Å²) in [7, 11) is 0. The Balaban J connectivity index is 1.57. The molecule has 2 aromatic rings. The van der Waals surface area contributed by atoms with Gasteiger partial charge in [-0.3, -0.25) is 14.3 Å². The van der Waals surface area contributed by atoms with Crippen LogP contribution in [0.5, 0.6) is 0 Å². The van der Waals surface area contributed by atoms with Crippen LogP contribution in [-0.2, 0) is 16.1 Å². The van der Waals surface area contributed by atoms with Crippen molar-refractivity contribution in [3.63, 3.8) is 0 Å². The van der Waals surface area contributed by atoms with Gasteiger partial charge in [0.25, 0.3) is 0 Å². The van der Waals surface area contributed by atoms with Crippen molar-refractivity contribution >= 4 is 35.2 Å². The molecule has 1 aliphatic carbocycles. The van der Waals surface area contributed by atoms with Crippen molar-refractivity contribution in [2.45, 2.75) is 53.1 Å². The topological polar surface area (TPSA) is 76.0 Å². The SMILES string of the molecule is Cc1nn(CC(C)C)c(Cl)c1/C=C/C(=O)NC(C)c1ccc(NC(=O)C2CC2)cc1. The Morgan fingerprint density at radius 2 is 1.90 bits per heavy atom. The third-order valence-electron chi connectivity index (χ3n) is 5.03. The van der Waals surface area contributed by atoms with E-state index in [-0.39, 0.29) is 23.8 Å². The van der Waals surface area contributed by atoms with E-state index < -0.39 is 0 Å². The number of carbonyl (C=O) groups excluding carboxylic acids is 2. The summed E-state index contributed by atoms with van der Waals surface area (Å²) >= 11 is 6.42. The average Bonchev–Trinajstić information content (AvgIpc) is 3.49. The highest BCUT2D eigenvalue weighted by atomic mass is 35.5. The van der Waals surface area contributed by atoms with Gasteiger partial charge in [-0.25, -0.2) is 0 Å². The smallest absolute Gasteiger partial charge is 0.244 e. The molecule has 0 spiro atoms. The second-order valence-electron chi connectivity index (χ2n) is 8.31. The minimum Gasteiger partial charge on any atom is -0.346 e. The molecule has 1 aromatic carbocycles. The number of aromatic nitrogens is 2. The van der Waals surface area contributed by atoms with E-state index in [0.717, 1.165) is 41.9 Å². The molecule has 1 atom stereocenters. The predicted octanol–water partition coefficient (Wildman–Crippen LogP) is 4.74. The van der Waals surface area contributed by atoms with Gasteiger partial charge in [0, 0.05) is 29.8 Å². The lowest BCUT2D eigenvalue weighted by Gasteiger charge is -2.14. The molecule has 1 unspecified atom stereocenters. The van der Waals surface area contributed by atoms with Gasteiger partial charge in [-0.1, -0.05) is 37.6 Å². The highest BCUT2D eigenvalue weighted by Gasteiger charge is 2.29. The van der Waals surface area contributed by atoms with Gasteiger partial charge in [0.1, 0.15) is 5.15 Å². The van der Waals surface area contributed by atoms with E-state index >= 15 is 0 Å². The second-order valence-corrected chi connectivity index (χ2v) is 8.67. The van der Waals surface area contributed by atoms with Crippen LogP contribution in [0.2, 0.25) is 5.15 Å². The van der Waals surface area contributed by atoms with Gasteiger partial charge in [-0.05, 0) is 56.4 Å². The molecule has 7 heteroatoms. The zero-order chi connectivity index (χ0) is 21.8. The highest BCUT2D eigenvalue weighted by Crippen LogP contribution is 2.30. The zero-order valence-electron chi connectivity index (χ0n) is 17.9. The molecule has 0 bridgehead atoms. The molecule has 160 valence electrons. The Morgan fingerprint density at radius 3 is 2.50 bits per heavy atom. The second kappa shape index (κ2) is 9.47. The molecule has 1 aromatic heterocycles. The lowest BCUT2D eigenvalue weighted by Crippen LogP contribution is -2.24. The maximum absolute atomic E-state index is 12.4. The molecule has 0 saturated heterocycles. The van der Waals surface area contributed by atoms with Crippen LogP contribution < -0.4 is 10.6 Å². The molecule has 3 rings (SSSR count). The molecule has 1 fully saturated rings. The van der Waals surface area contributed by atoms with Crippen LogP contribution in [0.25, 0.3) is 6.08 Å². The molecular weight excluding hydrogens is 400 g/mol. The van der Waals surface area contributed by atoms with E-state index in [2.05, 4.69) is 29.6 Å². The Bertz CT molecular complexity index is 943. The summed E-state index contributed by atoms with van der Waals surface area (Å²) in [6.07, 6.45) is 5.14. The highest BCUT2D eigenvalue weighted by molar-refractivity contribution is 6.31. The number of halogens is 1. The molecule has 0 radical (unpaired) electrons. The number of hydrogen-bond acceptors (Lipinski definition) is 3. The van der Waals surface area contributed by atoms with Gasteiger partial charge in [-0.2, -0.15) is 5.10 Å². The number of benzene rings is 1. The van der Waals surface area contributed by atoms with Crippen LogP contribution in [0.3, 0.4) is 0 Å². The largest absolute Gasteiger partial charge is 0.346 e. The van der Waals surface area contributed by atoms with E-state index in [9.17, 15) is 9.59 Å². The summed E-state index contributed by atoms with van der Waals surface area (Å²) in [5, 5.41) is 10.9. The molecule has 1 aliphatic rings. The minimum atomic E-state index is -0.208. The molecular formula is C23H29ClN4O2. The third-order valence-corrected chi connectivity index (χ3v) is 5.43. The Labute approximate surface area is 182 Å². The third kappa shape index (κ3) is 5.72. The van der Waals surface area contributed by atoms with Crippen LogP contribution in [-0.4, -0.2) is 21.6 Å². The number of carbonyl (C=O) groups is 2. The Kier molecular flexibility index (Phi) is 6.98. The summed E-state index contributed by atoms with van der Waals surface area (Å²) < 4.78 is 1.77. The van der Waals surface area contributed by atoms with Gasteiger partial charge in [0.05, 0.1) is 11.7 Å². The van der Waals surface area contributed by atoms with Crippen LogP contribution in [0, 0.1) is 18.8 Å². The minimum absolute atomic E-state index is 0.0832. The van der Waals surface area contributed by atoms with E-state index in [4.69, 9.17) is 11.6 Å². The number of amides is 2. The van der Waals surface area contributed by atoms with Gasteiger partial charge >= 0.3 is 0 Å². The lowest BCUT2D eigenvalue weighted by atomic mass is 10.1. The van der Waals surface area contributed by atoms with E-state index in [0.29, 0.717) is 11.1 Å². The normalized spacial score (nSPS) is 14.9. The molecule has 2 N–H and O–H groups in total. The molecule has 30 heavy (non-hydrogen) atoms. The van der Waals surface area contributed by atoms with Crippen molar-refractivity contribution in [2.75, 3.05) is 5.32 Å². The van der Waals surface area contributed by atoms with Gasteiger partial charge < -0.3 is 10.6 Å². The molecule has 2 amide bonds. The van der Waals surface area contributed by atoms with Crippen molar-refractivity contribution in [3.8, 4) is 0 Å². The first-order chi connectivity index (χ1) is 14.2. The standard InChI is InChI=1S/C23H29ClN4O2/c1-14(2)13-28-22(24)20(16(4)27-28)11-12-21(29)25-15(3)17-7-9-19(10-8-17)26-23(30)18-5-6-18/h7-12,14-15,18H,5-6,13H2,1-4H3,(H,25,29)(H,26,30)/b12-11+. The van der Waals surface area contributed by atoms with E-state index in [1.165, 1.54) is 6.08 Å². The van der Waals surface area contributed by atoms with Crippen molar-refractivity contribution in [2.24, 2.45) is 11.8 Å². The number of nitrogens with one attached hydrogen (secondary N) is 2. The number of anilines is 1. The monoisotopic (exact) mass is 428 g/mol. The van der Waals surface area contributed by atoms with Gasteiger partial charge in [0.2, 0.25) is 11.8 Å². The summed E-state index contributed by atoms with van der Waals surface area (Å²) in [6.45, 7) is 8.74. The predicted molar refractivity (Wildman–Crippen MR) is 120 cm³/mol. The molecule has 1 heterocycles. The quantitative estimate of drug-likeness (QED) is 0.596.